The van der Waals surface area contributed by atoms with Gasteiger partial charge in [0.1, 0.15) is 17.0 Å². The Bertz CT molecular complexity index is 917. The highest BCUT2D eigenvalue weighted by Crippen LogP contribution is 2.37. The Morgan fingerprint density at radius 2 is 2.24 bits per heavy atom. The van der Waals surface area contributed by atoms with Crippen molar-refractivity contribution < 1.29 is 4.79 Å². The smallest absolute Gasteiger partial charge is 0.259 e. The van der Waals surface area contributed by atoms with Crippen molar-refractivity contribution in [2.75, 3.05) is 11.9 Å². The first-order chi connectivity index (χ1) is 12.3. The van der Waals surface area contributed by atoms with Gasteiger partial charge in [-0.3, -0.25) is 4.79 Å². The van der Waals surface area contributed by atoms with Crippen molar-refractivity contribution in [1.29, 1.82) is 0 Å². The van der Waals surface area contributed by atoms with E-state index in [0.717, 1.165) is 33.8 Å². The molecule has 0 spiro atoms. The van der Waals surface area contributed by atoms with E-state index >= 15 is 0 Å². The average molecular weight is 371 g/mol. The van der Waals surface area contributed by atoms with E-state index in [4.69, 9.17) is 0 Å². The second kappa shape index (κ2) is 7.28. The SMILES string of the molecule is O=C(CNc1ncnc2sc3c(c12)CCCC3)N/N=C/c1cccs1. The molecule has 1 amide bonds. The van der Waals surface area contributed by atoms with Gasteiger partial charge in [0.15, 0.2) is 0 Å². The van der Waals surface area contributed by atoms with E-state index in [-0.39, 0.29) is 12.5 Å². The highest BCUT2D eigenvalue weighted by atomic mass is 32.1. The van der Waals surface area contributed by atoms with E-state index in [1.54, 1.807) is 35.2 Å². The second-order valence-electron chi connectivity index (χ2n) is 5.78. The minimum absolute atomic E-state index is 0.124. The summed E-state index contributed by atoms with van der Waals surface area (Å²) >= 11 is 3.31. The molecule has 25 heavy (non-hydrogen) atoms. The highest BCUT2D eigenvalue weighted by molar-refractivity contribution is 7.19. The number of hydrazone groups is 1. The Kier molecular flexibility index (Phi) is 4.71. The Labute approximate surface area is 153 Å². The van der Waals surface area contributed by atoms with Crippen LogP contribution in [0.1, 0.15) is 28.2 Å². The van der Waals surface area contributed by atoms with Crippen LogP contribution < -0.4 is 10.7 Å². The third-order valence-corrected chi connectivity index (χ3v) is 6.10. The van der Waals surface area contributed by atoms with Crippen LogP contribution in [0.5, 0.6) is 0 Å². The fourth-order valence-corrected chi connectivity index (χ4v) is 4.77. The Balaban J connectivity index is 1.44. The van der Waals surface area contributed by atoms with E-state index in [2.05, 4.69) is 25.8 Å². The first-order valence-electron chi connectivity index (χ1n) is 8.16. The average Bonchev–Trinajstić information content (AvgIpc) is 3.27. The van der Waals surface area contributed by atoms with Crippen molar-refractivity contribution in [3.8, 4) is 0 Å². The third kappa shape index (κ3) is 3.54. The summed E-state index contributed by atoms with van der Waals surface area (Å²) in [7, 11) is 0. The van der Waals surface area contributed by atoms with Crippen LogP contribution in [-0.2, 0) is 17.6 Å². The number of anilines is 1. The van der Waals surface area contributed by atoms with Crippen molar-refractivity contribution in [2.24, 2.45) is 5.10 Å². The normalized spacial score (nSPS) is 13.9. The quantitative estimate of drug-likeness (QED) is 0.533. The van der Waals surface area contributed by atoms with E-state index in [0.29, 0.717) is 0 Å². The van der Waals surface area contributed by atoms with Crippen LogP contribution in [0, 0.1) is 0 Å². The summed E-state index contributed by atoms with van der Waals surface area (Å²) in [5, 5.41) is 10.1. The number of aryl methyl sites for hydroxylation is 2. The number of nitrogens with one attached hydrogen (secondary N) is 2. The van der Waals surface area contributed by atoms with Gasteiger partial charge < -0.3 is 5.32 Å². The van der Waals surface area contributed by atoms with Crippen LogP contribution in [-0.4, -0.2) is 28.6 Å². The number of carbonyl (C=O) groups is 1. The van der Waals surface area contributed by atoms with E-state index in [9.17, 15) is 4.79 Å². The predicted molar refractivity (Wildman–Crippen MR) is 103 cm³/mol. The Morgan fingerprint density at radius 3 is 3.12 bits per heavy atom. The standard InChI is InChI=1S/C17H17N5OS2/c23-14(22-21-8-11-4-3-7-24-11)9-18-16-15-12-5-1-2-6-13(12)25-17(15)20-10-19-16/h3-4,7-8,10H,1-2,5-6,9H2,(H,22,23)(H,18,19,20)/b21-8+. The summed E-state index contributed by atoms with van der Waals surface area (Å²) in [5.41, 5.74) is 3.88. The molecule has 2 N–H and O–H groups in total. The number of aromatic nitrogens is 2. The van der Waals surface area contributed by atoms with Crippen LogP contribution in [0.4, 0.5) is 5.82 Å². The van der Waals surface area contributed by atoms with Gasteiger partial charge in [0, 0.05) is 9.75 Å². The van der Waals surface area contributed by atoms with E-state index < -0.39 is 0 Å². The molecule has 0 fully saturated rings. The summed E-state index contributed by atoms with van der Waals surface area (Å²) in [5.74, 6) is 0.533. The molecule has 0 saturated heterocycles. The number of rotatable bonds is 5. The van der Waals surface area contributed by atoms with Gasteiger partial charge in [0.25, 0.3) is 5.91 Å². The van der Waals surface area contributed by atoms with Crippen LogP contribution in [0.15, 0.2) is 28.9 Å². The lowest BCUT2D eigenvalue weighted by Gasteiger charge is -2.12. The monoisotopic (exact) mass is 371 g/mol. The number of hydrogen-bond acceptors (Lipinski definition) is 7. The molecule has 0 aromatic carbocycles. The maximum Gasteiger partial charge on any atom is 0.259 e. The number of amides is 1. The summed E-state index contributed by atoms with van der Waals surface area (Å²) in [6.45, 7) is 0.124. The highest BCUT2D eigenvalue weighted by Gasteiger charge is 2.19. The van der Waals surface area contributed by atoms with Gasteiger partial charge >= 0.3 is 0 Å². The van der Waals surface area contributed by atoms with Crippen LogP contribution in [0.25, 0.3) is 10.2 Å². The molecule has 0 radical (unpaired) electrons. The van der Waals surface area contributed by atoms with Gasteiger partial charge in [0.05, 0.1) is 18.1 Å². The first kappa shape index (κ1) is 16.2. The predicted octanol–water partition coefficient (Wildman–Crippen LogP) is 3.19. The van der Waals surface area contributed by atoms with E-state index in [1.807, 2.05) is 17.5 Å². The van der Waals surface area contributed by atoms with Gasteiger partial charge in [-0.1, -0.05) is 6.07 Å². The molecule has 3 heterocycles. The van der Waals surface area contributed by atoms with Crippen molar-refractivity contribution in [3.05, 3.63) is 39.2 Å². The maximum absolute atomic E-state index is 12.0. The first-order valence-corrected chi connectivity index (χ1v) is 9.85. The largest absolute Gasteiger partial charge is 0.360 e. The maximum atomic E-state index is 12.0. The molecule has 4 rings (SSSR count). The number of carbonyl (C=O) groups excluding carboxylic acids is 1. The fraction of sp³-hybridized carbons (Fsp3) is 0.294. The van der Waals surface area contributed by atoms with Crippen LogP contribution in [0.3, 0.4) is 0 Å². The van der Waals surface area contributed by atoms with Crippen molar-refractivity contribution >= 4 is 50.8 Å². The Hall–Kier alpha value is -2.32. The van der Waals surface area contributed by atoms with E-state index in [1.165, 1.54) is 23.3 Å². The fourth-order valence-electron chi connectivity index (χ4n) is 2.96. The molecule has 0 saturated carbocycles. The lowest BCUT2D eigenvalue weighted by atomic mass is 9.97. The zero-order chi connectivity index (χ0) is 17.1. The zero-order valence-electron chi connectivity index (χ0n) is 13.5. The minimum atomic E-state index is -0.205. The molecular weight excluding hydrogens is 354 g/mol. The van der Waals surface area contributed by atoms with Gasteiger partial charge in [-0.25, -0.2) is 15.4 Å². The summed E-state index contributed by atoms with van der Waals surface area (Å²) < 4.78 is 0. The van der Waals surface area contributed by atoms with Gasteiger partial charge in [-0.2, -0.15) is 5.10 Å². The molecule has 3 aromatic heterocycles. The molecule has 0 unspecified atom stereocenters. The lowest BCUT2D eigenvalue weighted by molar-refractivity contribution is -0.119. The number of fused-ring (bicyclic) bond motifs is 3. The Morgan fingerprint density at radius 1 is 1.32 bits per heavy atom. The molecule has 0 atom stereocenters. The molecule has 128 valence electrons. The van der Waals surface area contributed by atoms with Crippen molar-refractivity contribution in [3.63, 3.8) is 0 Å². The molecule has 1 aliphatic rings. The molecule has 1 aliphatic carbocycles. The molecule has 0 aliphatic heterocycles. The molecule has 8 heteroatoms. The zero-order valence-corrected chi connectivity index (χ0v) is 15.1. The lowest BCUT2D eigenvalue weighted by Crippen LogP contribution is -2.26. The topological polar surface area (TPSA) is 79.3 Å². The van der Waals surface area contributed by atoms with Crippen molar-refractivity contribution in [1.82, 2.24) is 15.4 Å². The van der Waals surface area contributed by atoms with Crippen molar-refractivity contribution in [2.45, 2.75) is 25.7 Å². The van der Waals surface area contributed by atoms with Crippen LogP contribution >= 0.6 is 22.7 Å². The molecular formula is C17H17N5OS2. The van der Waals surface area contributed by atoms with Gasteiger partial charge in [-0.05, 0) is 42.7 Å². The second-order valence-corrected chi connectivity index (χ2v) is 7.84. The number of hydrogen-bond donors (Lipinski definition) is 2. The molecule has 3 aromatic rings. The summed E-state index contributed by atoms with van der Waals surface area (Å²) in [4.78, 5) is 24.1. The third-order valence-electron chi connectivity index (χ3n) is 4.09. The van der Waals surface area contributed by atoms with Gasteiger partial charge in [0.2, 0.25) is 0 Å². The summed E-state index contributed by atoms with van der Waals surface area (Å²) in [6, 6.07) is 3.88. The minimum Gasteiger partial charge on any atom is -0.360 e. The van der Waals surface area contributed by atoms with Crippen LogP contribution in [0.2, 0.25) is 0 Å². The number of nitrogens with zero attached hydrogens (tertiary/aromatic N) is 3. The number of thiophene rings is 2. The molecule has 6 nitrogen and oxygen atoms in total. The van der Waals surface area contributed by atoms with Gasteiger partial charge in [-0.15, -0.1) is 22.7 Å². The summed E-state index contributed by atoms with van der Waals surface area (Å²) in [6.07, 6.45) is 7.81. The molecule has 0 bridgehead atoms.